The number of nitrogens with one attached hydrogen (secondary N) is 1. The van der Waals surface area contributed by atoms with Crippen LogP contribution in [0.2, 0.25) is 0 Å². The molecule has 0 radical (unpaired) electrons. The molecule has 0 fully saturated rings. The Morgan fingerprint density at radius 1 is 1.44 bits per heavy atom. The minimum absolute atomic E-state index is 0.114. The highest BCUT2D eigenvalue weighted by Gasteiger charge is 2.40. The number of rotatable bonds is 2. The predicted molar refractivity (Wildman–Crippen MR) is 59.3 cm³/mol. The van der Waals surface area contributed by atoms with Gasteiger partial charge in [-0.15, -0.1) is 0 Å². The van der Waals surface area contributed by atoms with Gasteiger partial charge in [0.2, 0.25) is 5.91 Å². The topological polar surface area (TPSA) is 58.6 Å². The molecule has 1 N–H and O–H groups in total. The summed E-state index contributed by atoms with van der Waals surface area (Å²) in [5.41, 5.74) is -0.364. The molecule has 0 bridgehead atoms. The molecule has 2 amide bonds. The van der Waals surface area contributed by atoms with Crippen LogP contribution in [0.5, 0.6) is 0 Å². The molecule has 0 saturated heterocycles. The van der Waals surface area contributed by atoms with Crippen LogP contribution in [-0.4, -0.2) is 36.0 Å². The first kappa shape index (κ1) is 12.5. The molecule has 0 atom stereocenters. The number of hydrogen-bond donors (Lipinski definition) is 1. The SMILES string of the molecule is CNC(=O)C(C)(C)N1COC(C)=C(C)C1=O. The predicted octanol–water partition coefficient (Wildman–Crippen LogP) is 0.621. The molecule has 16 heavy (non-hydrogen) atoms. The average Bonchev–Trinajstić information content (AvgIpc) is 2.24. The molecule has 0 spiro atoms. The summed E-state index contributed by atoms with van der Waals surface area (Å²) < 4.78 is 5.36. The number of allylic oxidation sites excluding steroid dienone is 1. The van der Waals surface area contributed by atoms with Crippen LogP contribution in [0, 0.1) is 0 Å². The largest absolute Gasteiger partial charge is 0.477 e. The minimum Gasteiger partial charge on any atom is -0.477 e. The van der Waals surface area contributed by atoms with Gasteiger partial charge in [-0.1, -0.05) is 0 Å². The van der Waals surface area contributed by atoms with Crippen molar-refractivity contribution in [2.45, 2.75) is 33.2 Å². The van der Waals surface area contributed by atoms with Gasteiger partial charge in [0.25, 0.3) is 5.91 Å². The highest BCUT2D eigenvalue weighted by Crippen LogP contribution is 2.23. The van der Waals surface area contributed by atoms with Crippen molar-refractivity contribution >= 4 is 11.8 Å². The average molecular weight is 226 g/mol. The first-order valence-corrected chi connectivity index (χ1v) is 5.16. The third kappa shape index (κ3) is 1.89. The fraction of sp³-hybridized carbons (Fsp3) is 0.636. The Labute approximate surface area is 95.4 Å². The van der Waals surface area contributed by atoms with Gasteiger partial charge < -0.3 is 10.1 Å². The third-order valence-corrected chi connectivity index (χ3v) is 2.96. The smallest absolute Gasteiger partial charge is 0.256 e. The lowest BCUT2D eigenvalue weighted by Gasteiger charge is -2.39. The van der Waals surface area contributed by atoms with E-state index in [1.807, 2.05) is 0 Å². The van der Waals surface area contributed by atoms with Gasteiger partial charge in [-0.25, -0.2) is 0 Å². The molecule has 5 nitrogen and oxygen atoms in total. The van der Waals surface area contributed by atoms with E-state index >= 15 is 0 Å². The maximum absolute atomic E-state index is 12.0. The number of carbonyl (C=O) groups is 2. The second-order valence-electron chi connectivity index (χ2n) is 4.33. The van der Waals surface area contributed by atoms with Crippen molar-refractivity contribution in [2.75, 3.05) is 13.8 Å². The Bertz CT molecular complexity index is 358. The zero-order valence-corrected chi connectivity index (χ0v) is 10.4. The van der Waals surface area contributed by atoms with Crippen LogP contribution in [0.25, 0.3) is 0 Å². The maximum Gasteiger partial charge on any atom is 0.256 e. The normalized spacial score (nSPS) is 17.3. The van der Waals surface area contributed by atoms with Crippen LogP contribution >= 0.6 is 0 Å². The molecule has 0 aliphatic carbocycles. The molecule has 1 rings (SSSR count). The number of amides is 2. The molecule has 0 unspecified atom stereocenters. The molecule has 5 heteroatoms. The summed E-state index contributed by atoms with van der Waals surface area (Å²) in [5, 5.41) is 2.54. The number of ether oxygens (including phenoxy) is 1. The lowest BCUT2D eigenvalue weighted by molar-refractivity contribution is -0.151. The van der Waals surface area contributed by atoms with E-state index in [4.69, 9.17) is 4.74 Å². The van der Waals surface area contributed by atoms with Crippen LogP contribution < -0.4 is 5.32 Å². The Hall–Kier alpha value is -1.52. The summed E-state index contributed by atoms with van der Waals surface area (Å²) in [6.45, 7) is 6.95. The van der Waals surface area contributed by atoms with Crippen molar-refractivity contribution in [3.63, 3.8) is 0 Å². The maximum atomic E-state index is 12.0. The van der Waals surface area contributed by atoms with Crippen molar-refractivity contribution in [1.82, 2.24) is 10.2 Å². The Kier molecular flexibility index (Phi) is 3.26. The number of hydrogen-bond acceptors (Lipinski definition) is 3. The van der Waals surface area contributed by atoms with Crippen molar-refractivity contribution < 1.29 is 14.3 Å². The first-order chi connectivity index (χ1) is 7.32. The van der Waals surface area contributed by atoms with Crippen molar-refractivity contribution in [3.8, 4) is 0 Å². The number of nitrogens with zero attached hydrogens (tertiary/aromatic N) is 1. The van der Waals surface area contributed by atoms with E-state index in [9.17, 15) is 9.59 Å². The van der Waals surface area contributed by atoms with Crippen LogP contribution in [0.15, 0.2) is 11.3 Å². The first-order valence-electron chi connectivity index (χ1n) is 5.16. The van der Waals surface area contributed by atoms with Gasteiger partial charge in [0.05, 0.1) is 5.57 Å². The molecule has 0 aromatic rings. The molecular formula is C11H18N2O3. The molecule has 1 heterocycles. The van der Waals surface area contributed by atoms with Crippen LogP contribution in [-0.2, 0) is 14.3 Å². The van der Waals surface area contributed by atoms with Crippen molar-refractivity contribution in [1.29, 1.82) is 0 Å². The Balaban J connectivity index is 3.01. The van der Waals surface area contributed by atoms with E-state index in [0.29, 0.717) is 11.3 Å². The van der Waals surface area contributed by atoms with E-state index in [-0.39, 0.29) is 18.5 Å². The molecule has 1 aliphatic rings. The van der Waals surface area contributed by atoms with Crippen LogP contribution in [0.3, 0.4) is 0 Å². The summed E-state index contributed by atoms with van der Waals surface area (Å²) in [4.78, 5) is 25.1. The van der Waals surface area contributed by atoms with Crippen molar-refractivity contribution in [3.05, 3.63) is 11.3 Å². The quantitative estimate of drug-likeness (QED) is 0.751. The highest BCUT2D eigenvalue weighted by molar-refractivity contribution is 5.98. The number of likely N-dealkylation sites (N-methyl/N-ethyl adjacent to an activating group) is 1. The summed E-state index contributed by atoms with van der Waals surface area (Å²) >= 11 is 0. The minimum atomic E-state index is -0.909. The molecule has 0 aromatic carbocycles. The van der Waals surface area contributed by atoms with Gasteiger partial charge in [0.15, 0.2) is 6.73 Å². The second-order valence-corrected chi connectivity index (χ2v) is 4.33. The fourth-order valence-electron chi connectivity index (χ4n) is 1.52. The van der Waals surface area contributed by atoms with E-state index in [1.165, 1.54) is 4.90 Å². The van der Waals surface area contributed by atoms with Crippen LogP contribution in [0.4, 0.5) is 0 Å². The van der Waals surface area contributed by atoms with Gasteiger partial charge in [-0.3, -0.25) is 14.5 Å². The Morgan fingerprint density at radius 3 is 2.50 bits per heavy atom. The third-order valence-electron chi connectivity index (χ3n) is 2.96. The van der Waals surface area contributed by atoms with E-state index in [2.05, 4.69) is 5.32 Å². The zero-order valence-electron chi connectivity index (χ0n) is 10.4. The van der Waals surface area contributed by atoms with E-state index in [0.717, 1.165) is 0 Å². The van der Waals surface area contributed by atoms with Crippen molar-refractivity contribution in [2.24, 2.45) is 0 Å². The van der Waals surface area contributed by atoms with Gasteiger partial charge in [0, 0.05) is 7.05 Å². The molecule has 0 saturated carbocycles. The van der Waals surface area contributed by atoms with E-state index in [1.54, 1.807) is 34.7 Å². The lowest BCUT2D eigenvalue weighted by atomic mass is 10.00. The molecule has 0 aromatic heterocycles. The highest BCUT2D eigenvalue weighted by atomic mass is 16.5. The summed E-state index contributed by atoms with van der Waals surface area (Å²) in [6, 6.07) is 0. The second kappa shape index (κ2) is 4.15. The molecule has 1 aliphatic heterocycles. The van der Waals surface area contributed by atoms with Crippen LogP contribution in [0.1, 0.15) is 27.7 Å². The summed E-state index contributed by atoms with van der Waals surface area (Å²) in [5.74, 6) is 0.253. The van der Waals surface area contributed by atoms with Gasteiger partial charge >= 0.3 is 0 Å². The fourth-order valence-corrected chi connectivity index (χ4v) is 1.52. The molecule has 90 valence electrons. The van der Waals surface area contributed by atoms with E-state index < -0.39 is 5.54 Å². The standard InChI is InChI=1S/C11H18N2O3/c1-7-8(2)16-6-13(9(7)14)11(3,4)10(15)12-5/h6H2,1-5H3,(H,12,15). The Morgan fingerprint density at radius 2 is 2.00 bits per heavy atom. The molecular weight excluding hydrogens is 208 g/mol. The van der Waals surface area contributed by atoms with Gasteiger partial charge in [-0.05, 0) is 27.7 Å². The number of carbonyl (C=O) groups excluding carboxylic acids is 2. The van der Waals surface area contributed by atoms with Gasteiger partial charge in [0.1, 0.15) is 11.3 Å². The lowest BCUT2D eigenvalue weighted by Crippen LogP contribution is -2.58. The summed E-state index contributed by atoms with van der Waals surface area (Å²) in [7, 11) is 1.55. The van der Waals surface area contributed by atoms with Gasteiger partial charge in [-0.2, -0.15) is 0 Å². The summed E-state index contributed by atoms with van der Waals surface area (Å²) in [6.07, 6.45) is 0. The monoisotopic (exact) mass is 226 g/mol. The zero-order chi connectivity index (χ0) is 12.5.